The fraction of sp³-hybridized carbons (Fsp3) is 0.258. The number of sulfone groups is 1. The molecular weight excluding hydrogens is 586 g/mol. The van der Waals surface area contributed by atoms with E-state index in [4.69, 9.17) is 16.3 Å². The number of halogens is 3. The Kier molecular flexibility index (Phi) is 7.80. The minimum absolute atomic E-state index is 0.00539. The molecule has 2 aliphatic heterocycles. The number of aromatic hydroxyl groups is 1. The molecule has 42 heavy (non-hydrogen) atoms. The van der Waals surface area contributed by atoms with Gasteiger partial charge in [-0.15, -0.1) is 0 Å². The molecule has 220 valence electrons. The SMILES string of the molecule is C=CCOc1ccc([C@H]2C3=C(CC(C)(C)CS3(=O)=O)Nc3c(O)cccc3N2C(=O)Cc2ccc(F)cc2Cl)c(F)c1. The molecule has 0 aromatic heterocycles. The van der Waals surface area contributed by atoms with Gasteiger partial charge in [0.2, 0.25) is 5.91 Å². The molecular formula is C31H29ClF2N2O5S. The molecule has 0 fully saturated rings. The fourth-order valence-electron chi connectivity index (χ4n) is 5.55. The number of fused-ring (bicyclic) bond motifs is 1. The summed E-state index contributed by atoms with van der Waals surface area (Å²) < 4.78 is 63.3. The van der Waals surface area contributed by atoms with E-state index in [0.29, 0.717) is 0 Å². The van der Waals surface area contributed by atoms with Crippen molar-refractivity contribution in [1.82, 2.24) is 0 Å². The second-order valence-corrected chi connectivity index (χ2v) is 13.5. The van der Waals surface area contributed by atoms with Crippen LogP contribution in [0.2, 0.25) is 5.02 Å². The van der Waals surface area contributed by atoms with E-state index in [0.717, 1.165) is 18.2 Å². The van der Waals surface area contributed by atoms with Crippen molar-refractivity contribution in [2.75, 3.05) is 22.6 Å². The molecule has 7 nitrogen and oxygen atoms in total. The molecule has 3 aromatic rings. The van der Waals surface area contributed by atoms with Gasteiger partial charge in [0, 0.05) is 22.3 Å². The number of carbonyl (C=O) groups excluding carboxylic acids is 1. The third-order valence-electron chi connectivity index (χ3n) is 7.19. The Balaban J connectivity index is 1.78. The number of hydrogen-bond acceptors (Lipinski definition) is 6. The first-order chi connectivity index (χ1) is 19.8. The molecule has 2 N–H and O–H groups in total. The van der Waals surface area contributed by atoms with Gasteiger partial charge in [-0.2, -0.15) is 0 Å². The lowest BCUT2D eigenvalue weighted by Gasteiger charge is -2.37. The smallest absolute Gasteiger partial charge is 0.232 e. The van der Waals surface area contributed by atoms with Gasteiger partial charge in [-0.05, 0) is 53.8 Å². The van der Waals surface area contributed by atoms with E-state index in [1.54, 1.807) is 13.8 Å². The zero-order valence-electron chi connectivity index (χ0n) is 23.0. The molecule has 3 aromatic carbocycles. The number of para-hydroxylation sites is 1. The summed E-state index contributed by atoms with van der Waals surface area (Å²) in [6, 6.07) is 10.6. The number of rotatable bonds is 6. The lowest BCUT2D eigenvalue weighted by molar-refractivity contribution is -0.118. The second kappa shape index (κ2) is 11.1. The maximum atomic E-state index is 16.0. The molecule has 2 aliphatic rings. The number of benzene rings is 3. The van der Waals surface area contributed by atoms with Crippen LogP contribution < -0.4 is 15.0 Å². The van der Waals surface area contributed by atoms with Crippen LogP contribution in [0.25, 0.3) is 0 Å². The lowest BCUT2D eigenvalue weighted by Crippen LogP contribution is -2.42. The minimum Gasteiger partial charge on any atom is -0.506 e. The summed E-state index contributed by atoms with van der Waals surface area (Å²) in [5, 5.41) is 14.0. The highest BCUT2D eigenvalue weighted by Gasteiger charge is 2.47. The van der Waals surface area contributed by atoms with Gasteiger partial charge >= 0.3 is 0 Å². The first-order valence-corrected chi connectivity index (χ1v) is 15.2. The Morgan fingerprint density at radius 1 is 1.21 bits per heavy atom. The first kappa shape index (κ1) is 29.6. The van der Waals surface area contributed by atoms with Crippen molar-refractivity contribution < 1.29 is 31.8 Å². The van der Waals surface area contributed by atoms with Crippen molar-refractivity contribution in [3.63, 3.8) is 0 Å². The zero-order chi connectivity index (χ0) is 30.4. The van der Waals surface area contributed by atoms with Crippen LogP contribution in [-0.4, -0.2) is 31.8 Å². The van der Waals surface area contributed by atoms with E-state index in [1.165, 1.54) is 47.4 Å². The van der Waals surface area contributed by atoms with Crippen molar-refractivity contribution in [3.8, 4) is 11.5 Å². The monoisotopic (exact) mass is 614 g/mol. The number of anilines is 2. The predicted molar refractivity (Wildman–Crippen MR) is 158 cm³/mol. The van der Waals surface area contributed by atoms with Crippen molar-refractivity contribution in [3.05, 3.63) is 106 Å². The van der Waals surface area contributed by atoms with E-state index in [-0.39, 0.29) is 74.8 Å². The van der Waals surface area contributed by atoms with Crippen molar-refractivity contribution >= 4 is 38.7 Å². The summed E-state index contributed by atoms with van der Waals surface area (Å²) in [4.78, 5) is 15.2. The number of amides is 1. The molecule has 0 aliphatic carbocycles. The Bertz CT molecular complexity index is 1740. The number of ether oxygens (including phenoxy) is 1. The topological polar surface area (TPSA) is 95.9 Å². The molecule has 1 amide bonds. The molecule has 1 atom stereocenters. The van der Waals surface area contributed by atoms with Gasteiger partial charge < -0.3 is 15.2 Å². The van der Waals surface area contributed by atoms with E-state index in [1.807, 2.05) is 0 Å². The van der Waals surface area contributed by atoms with Gasteiger partial charge in [-0.3, -0.25) is 9.69 Å². The molecule has 5 rings (SSSR count). The fourth-order valence-corrected chi connectivity index (χ4v) is 8.14. The van der Waals surface area contributed by atoms with Crippen LogP contribution in [-0.2, 0) is 21.1 Å². The quantitative estimate of drug-likeness (QED) is 0.237. The summed E-state index contributed by atoms with van der Waals surface area (Å²) in [6.45, 7) is 7.31. The zero-order valence-corrected chi connectivity index (χ0v) is 24.5. The number of nitrogens with one attached hydrogen (secondary N) is 1. The van der Waals surface area contributed by atoms with Crippen LogP contribution in [0, 0.1) is 17.0 Å². The average Bonchev–Trinajstić information content (AvgIpc) is 3.03. The molecule has 2 heterocycles. The van der Waals surface area contributed by atoms with Crippen LogP contribution in [0.3, 0.4) is 0 Å². The summed E-state index contributed by atoms with van der Waals surface area (Å²) in [7, 11) is -4.08. The van der Waals surface area contributed by atoms with Crippen molar-refractivity contribution in [2.24, 2.45) is 5.41 Å². The summed E-state index contributed by atoms with van der Waals surface area (Å²) in [6.07, 6.45) is 1.39. The maximum Gasteiger partial charge on any atom is 0.232 e. The van der Waals surface area contributed by atoms with Crippen molar-refractivity contribution in [2.45, 2.75) is 32.7 Å². The average molecular weight is 615 g/mol. The first-order valence-electron chi connectivity index (χ1n) is 13.2. The van der Waals surface area contributed by atoms with Gasteiger partial charge in [-0.25, -0.2) is 17.2 Å². The lowest BCUT2D eigenvalue weighted by atomic mass is 9.88. The highest BCUT2D eigenvalue weighted by molar-refractivity contribution is 7.95. The molecule has 0 saturated carbocycles. The van der Waals surface area contributed by atoms with Gasteiger partial charge in [0.05, 0.1) is 22.8 Å². The second-order valence-electron chi connectivity index (χ2n) is 11.1. The molecule has 0 saturated heterocycles. The van der Waals surface area contributed by atoms with Crippen LogP contribution >= 0.6 is 11.6 Å². The highest BCUT2D eigenvalue weighted by atomic mass is 35.5. The molecule has 0 radical (unpaired) electrons. The van der Waals surface area contributed by atoms with Crippen LogP contribution in [0.1, 0.15) is 37.4 Å². The number of allylic oxidation sites excluding steroid dienone is 1. The highest BCUT2D eigenvalue weighted by Crippen LogP contribution is 2.51. The Labute approximate surface area is 248 Å². The standard InChI is InChI=1S/C31H29ClF2N2O5S/c1-4-12-41-20-10-11-21(23(34)15-20)29-30-24(16-31(2,3)17-42(30,39)40)35-28-25(6-5-7-26(28)37)36(29)27(38)13-18-8-9-19(33)14-22(18)32/h4-11,14-15,29,35,37H,1,12-13,16-17H2,2-3H3/t29-/m0/s1. The number of phenolic OH excluding ortho intramolecular Hbond substituents is 1. The molecule has 0 bridgehead atoms. The van der Waals surface area contributed by atoms with E-state index in [2.05, 4.69) is 11.9 Å². The van der Waals surface area contributed by atoms with Crippen LogP contribution in [0.5, 0.6) is 11.5 Å². The number of hydrogen-bond donors (Lipinski definition) is 2. The third kappa shape index (κ3) is 5.61. The van der Waals surface area contributed by atoms with Crippen LogP contribution in [0.15, 0.2) is 77.9 Å². The Hall–Kier alpha value is -3.89. The maximum absolute atomic E-state index is 16.0. The van der Waals surface area contributed by atoms with Gasteiger partial charge in [0.1, 0.15) is 41.5 Å². The minimum atomic E-state index is -4.08. The van der Waals surface area contributed by atoms with E-state index >= 15 is 4.39 Å². The van der Waals surface area contributed by atoms with E-state index in [9.17, 15) is 22.7 Å². The number of carbonyl (C=O) groups is 1. The van der Waals surface area contributed by atoms with Gasteiger partial charge in [0.25, 0.3) is 0 Å². The Morgan fingerprint density at radius 3 is 2.67 bits per heavy atom. The van der Waals surface area contributed by atoms with Crippen LogP contribution in [0.4, 0.5) is 20.2 Å². The Morgan fingerprint density at radius 2 is 1.98 bits per heavy atom. The number of phenols is 1. The van der Waals surface area contributed by atoms with Gasteiger partial charge in [0.15, 0.2) is 9.84 Å². The predicted octanol–water partition coefficient (Wildman–Crippen LogP) is 6.69. The van der Waals surface area contributed by atoms with E-state index < -0.39 is 38.8 Å². The molecule has 11 heteroatoms. The summed E-state index contributed by atoms with van der Waals surface area (Å²) >= 11 is 6.25. The molecule has 0 unspecified atom stereocenters. The third-order valence-corrected chi connectivity index (χ3v) is 9.84. The summed E-state index contributed by atoms with van der Waals surface area (Å²) in [5.74, 6) is -2.31. The molecule has 0 spiro atoms. The van der Waals surface area contributed by atoms with Crippen molar-refractivity contribution in [1.29, 1.82) is 0 Å². The number of nitrogens with zero attached hydrogens (tertiary/aromatic N) is 1. The largest absolute Gasteiger partial charge is 0.506 e. The normalized spacial score (nSPS) is 18.8. The summed E-state index contributed by atoms with van der Waals surface area (Å²) in [5.41, 5.74) is -0.00561. The van der Waals surface area contributed by atoms with Gasteiger partial charge in [-0.1, -0.05) is 50.2 Å².